The Morgan fingerprint density at radius 1 is 1.21 bits per heavy atom. The van der Waals surface area contributed by atoms with Crippen molar-refractivity contribution in [1.29, 1.82) is 0 Å². The first-order valence-electron chi connectivity index (χ1n) is 5.70. The normalized spacial score (nSPS) is 18.1. The Kier molecular flexibility index (Phi) is 4.85. The van der Waals surface area contributed by atoms with E-state index in [9.17, 15) is 0 Å². The smallest absolute Gasteiger partial charge is 0.364 e. The van der Waals surface area contributed by atoms with Gasteiger partial charge in [0.25, 0.3) is 0 Å². The zero-order chi connectivity index (χ0) is 10.4. The van der Waals surface area contributed by atoms with Crippen LogP contribution in [0, 0.1) is 0 Å². The zero-order valence-electron chi connectivity index (χ0n) is 9.64. The lowest BCUT2D eigenvalue weighted by Gasteiger charge is -2.30. The first kappa shape index (κ1) is 11.9. The fourth-order valence-corrected chi connectivity index (χ4v) is 4.73. The van der Waals surface area contributed by atoms with Crippen LogP contribution in [0.15, 0.2) is 11.3 Å². The molecule has 2 nitrogen and oxygen atoms in total. The molecule has 0 unspecified atom stereocenters. The van der Waals surface area contributed by atoms with Gasteiger partial charge in [-0.3, -0.25) is 0 Å². The Morgan fingerprint density at radius 2 is 1.86 bits per heavy atom. The van der Waals surface area contributed by atoms with Gasteiger partial charge in [0.1, 0.15) is 0 Å². The lowest BCUT2D eigenvalue weighted by Crippen LogP contribution is -2.42. The summed E-state index contributed by atoms with van der Waals surface area (Å²) in [6.07, 6.45) is 7.36. The summed E-state index contributed by atoms with van der Waals surface area (Å²) in [5.74, 6) is 0. The van der Waals surface area contributed by atoms with Crippen molar-refractivity contribution in [3.63, 3.8) is 0 Å². The predicted octanol–water partition coefficient (Wildman–Crippen LogP) is 3.17. The molecule has 3 heteroatoms. The molecule has 0 atom stereocenters. The maximum atomic E-state index is 5.86. The van der Waals surface area contributed by atoms with Gasteiger partial charge in [0, 0.05) is 13.2 Å². The van der Waals surface area contributed by atoms with Crippen molar-refractivity contribution in [2.24, 2.45) is 0 Å². The third-order valence-corrected chi connectivity index (χ3v) is 6.01. The van der Waals surface area contributed by atoms with Crippen molar-refractivity contribution in [3.8, 4) is 0 Å². The van der Waals surface area contributed by atoms with Gasteiger partial charge in [-0.15, -0.1) is 0 Å². The van der Waals surface area contributed by atoms with Crippen LogP contribution in [0.4, 0.5) is 0 Å². The summed E-state index contributed by atoms with van der Waals surface area (Å²) in [6, 6.07) is 0. The van der Waals surface area contributed by atoms with Crippen LogP contribution in [0.2, 0.25) is 6.55 Å². The molecule has 0 radical (unpaired) electrons. The standard InChI is InChI=1S/C11H22O2Si/c1-4-12-14(3,13-5-2)11-9-7-6-8-10-11/h9H,4-8,10H2,1-3H3. The average molecular weight is 214 g/mol. The Bertz CT molecular complexity index is 195. The van der Waals surface area contributed by atoms with Crippen LogP contribution < -0.4 is 0 Å². The largest absolute Gasteiger partial charge is 0.392 e. The maximum absolute atomic E-state index is 5.86. The highest BCUT2D eigenvalue weighted by Gasteiger charge is 2.35. The summed E-state index contributed by atoms with van der Waals surface area (Å²) in [6.45, 7) is 7.80. The molecule has 1 rings (SSSR count). The quantitative estimate of drug-likeness (QED) is 0.654. The van der Waals surface area contributed by atoms with Crippen LogP contribution in [-0.4, -0.2) is 21.8 Å². The second kappa shape index (κ2) is 5.68. The molecular weight excluding hydrogens is 192 g/mol. The molecule has 0 saturated carbocycles. The van der Waals surface area contributed by atoms with Crippen molar-refractivity contribution in [3.05, 3.63) is 11.3 Å². The van der Waals surface area contributed by atoms with Crippen molar-refractivity contribution < 1.29 is 8.85 Å². The molecular formula is C11H22O2Si. The van der Waals surface area contributed by atoms with Crippen molar-refractivity contribution in [2.45, 2.75) is 46.1 Å². The van der Waals surface area contributed by atoms with Gasteiger partial charge in [-0.2, -0.15) is 0 Å². The molecule has 0 saturated heterocycles. The Hall–Kier alpha value is -0.123. The highest BCUT2D eigenvalue weighted by Crippen LogP contribution is 2.27. The van der Waals surface area contributed by atoms with Crippen LogP contribution >= 0.6 is 0 Å². The van der Waals surface area contributed by atoms with Gasteiger partial charge < -0.3 is 8.85 Å². The van der Waals surface area contributed by atoms with E-state index in [-0.39, 0.29) is 0 Å². The van der Waals surface area contributed by atoms with E-state index in [1.165, 1.54) is 30.9 Å². The van der Waals surface area contributed by atoms with Crippen LogP contribution in [0.1, 0.15) is 39.5 Å². The van der Waals surface area contributed by atoms with E-state index in [1.54, 1.807) is 0 Å². The minimum absolute atomic E-state index is 0.764. The van der Waals surface area contributed by atoms with Gasteiger partial charge in [-0.05, 0) is 51.3 Å². The average Bonchev–Trinajstić information content (AvgIpc) is 2.20. The van der Waals surface area contributed by atoms with Crippen LogP contribution in [-0.2, 0) is 8.85 Å². The van der Waals surface area contributed by atoms with Crippen LogP contribution in [0.25, 0.3) is 0 Å². The molecule has 1 aliphatic carbocycles. The fraction of sp³-hybridized carbons (Fsp3) is 0.818. The van der Waals surface area contributed by atoms with Crippen molar-refractivity contribution in [2.75, 3.05) is 13.2 Å². The third-order valence-electron chi connectivity index (χ3n) is 2.71. The lowest BCUT2D eigenvalue weighted by molar-refractivity contribution is 0.196. The zero-order valence-corrected chi connectivity index (χ0v) is 10.6. The SMILES string of the molecule is CCO[Si](C)(OCC)C1=CCCCC1. The number of allylic oxidation sites excluding steroid dienone is 2. The van der Waals surface area contributed by atoms with Gasteiger partial charge in [0.15, 0.2) is 0 Å². The fourth-order valence-electron chi connectivity index (χ4n) is 2.03. The molecule has 1 aliphatic rings. The molecule has 0 amide bonds. The van der Waals surface area contributed by atoms with E-state index in [0.29, 0.717) is 0 Å². The van der Waals surface area contributed by atoms with E-state index in [0.717, 1.165) is 13.2 Å². The summed E-state index contributed by atoms with van der Waals surface area (Å²) < 4.78 is 11.7. The second-order valence-corrected chi connectivity index (χ2v) is 6.90. The van der Waals surface area contributed by atoms with Gasteiger partial charge in [-0.25, -0.2) is 0 Å². The molecule has 0 aromatic heterocycles. The lowest BCUT2D eigenvalue weighted by atomic mass is 10.1. The summed E-state index contributed by atoms with van der Waals surface area (Å²) >= 11 is 0. The summed E-state index contributed by atoms with van der Waals surface area (Å²) in [7, 11) is -1.99. The molecule has 0 heterocycles. The van der Waals surface area contributed by atoms with E-state index >= 15 is 0 Å². The molecule has 0 aromatic rings. The number of rotatable bonds is 5. The van der Waals surface area contributed by atoms with Crippen LogP contribution in [0.5, 0.6) is 0 Å². The second-order valence-electron chi connectivity index (χ2n) is 3.79. The monoisotopic (exact) mass is 214 g/mol. The molecule has 14 heavy (non-hydrogen) atoms. The molecule has 0 aliphatic heterocycles. The highest BCUT2D eigenvalue weighted by atomic mass is 28.4. The highest BCUT2D eigenvalue weighted by molar-refractivity contribution is 6.73. The molecule has 0 N–H and O–H groups in total. The minimum atomic E-state index is -1.99. The van der Waals surface area contributed by atoms with Gasteiger partial charge in [0.2, 0.25) is 0 Å². The van der Waals surface area contributed by atoms with Gasteiger partial charge >= 0.3 is 8.56 Å². The van der Waals surface area contributed by atoms with E-state index in [4.69, 9.17) is 8.85 Å². The van der Waals surface area contributed by atoms with Gasteiger partial charge in [0.05, 0.1) is 0 Å². The Balaban J connectivity index is 2.68. The first-order valence-corrected chi connectivity index (χ1v) is 8.02. The summed E-state index contributed by atoms with van der Waals surface area (Å²) in [4.78, 5) is 0. The Morgan fingerprint density at radius 3 is 2.29 bits per heavy atom. The Labute approximate surface area is 88.5 Å². The van der Waals surface area contributed by atoms with E-state index in [1.807, 2.05) is 13.8 Å². The van der Waals surface area contributed by atoms with Crippen molar-refractivity contribution in [1.82, 2.24) is 0 Å². The van der Waals surface area contributed by atoms with Crippen LogP contribution in [0.3, 0.4) is 0 Å². The molecule has 0 aromatic carbocycles. The van der Waals surface area contributed by atoms with E-state index < -0.39 is 8.56 Å². The molecule has 0 spiro atoms. The summed E-state index contributed by atoms with van der Waals surface area (Å²) in [5, 5.41) is 1.47. The molecule has 0 fully saturated rings. The first-order chi connectivity index (χ1) is 6.73. The van der Waals surface area contributed by atoms with Gasteiger partial charge in [-0.1, -0.05) is 6.08 Å². The van der Waals surface area contributed by atoms with Crippen molar-refractivity contribution >= 4 is 8.56 Å². The molecule has 82 valence electrons. The maximum Gasteiger partial charge on any atom is 0.364 e. The van der Waals surface area contributed by atoms with E-state index in [2.05, 4.69) is 12.6 Å². The number of hydrogen-bond donors (Lipinski definition) is 0. The number of hydrogen-bond acceptors (Lipinski definition) is 2. The predicted molar refractivity (Wildman–Crippen MR) is 61.4 cm³/mol. The summed E-state index contributed by atoms with van der Waals surface area (Å²) in [5.41, 5.74) is 0. The topological polar surface area (TPSA) is 18.5 Å². The minimum Gasteiger partial charge on any atom is -0.392 e. The molecule has 0 bridgehead atoms. The third kappa shape index (κ3) is 2.94.